The van der Waals surface area contributed by atoms with Crippen molar-refractivity contribution in [3.05, 3.63) is 75.6 Å². The summed E-state index contributed by atoms with van der Waals surface area (Å²) in [6, 6.07) is 12.6. The summed E-state index contributed by atoms with van der Waals surface area (Å²) >= 11 is 6.20. The first-order valence-corrected chi connectivity index (χ1v) is 11.9. The maximum absolute atomic E-state index is 12.9. The molecule has 1 heterocycles. The van der Waals surface area contributed by atoms with E-state index in [2.05, 4.69) is 38.9 Å². The normalized spacial score (nSPS) is 14.4. The van der Waals surface area contributed by atoms with Gasteiger partial charge in [0.1, 0.15) is 0 Å². The second-order valence-corrected chi connectivity index (χ2v) is 8.67. The van der Waals surface area contributed by atoms with Crippen LogP contribution < -0.4 is 5.32 Å². The van der Waals surface area contributed by atoms with Gasteiger partial charge >= 0.3 is 0 Å². The number of amides is 1. The Bertz CT molecular complexity index is 1130. The van der Waals surface area contributed by atoms with Crippen LogP contribution in [-0.2, 0) is 0 Å². The van der Waals surface area contributed by atoms with Crippen molar-refractivity contribution < 1.29 is 4.79 Å². The van der Waals surface area contributed by atoms with E-state index in [0.717, 1.165) is 37.2 Å². The van der Waals surface area contributed by atoms with Crippen molar-refractivity contribution in [3.63, 3.8) is 0 Å². The summed E-state index contributed by atoms with van der Waals surface area (Å²) in [5.74, 6) is 6.09. The number of halogens is 1. The smallest absolute Gasteiger partial charge is 0.252 e. The van der Waals surface area contributed by atoms with E-state index in [1.54, 1.807) is 24.3 Å². The molecule has 0 spiro atoms. The number of carbonyl (C=O) groups excluding carboxylic acids is 1. The molecule has 0 saturated carbocycles. The molecule has 1 saturated heterocycles. The lowest BCUT2D eigenvalue weighted by molar-refractivity contribution is 0.0951. The Balaban J connectivity index is 1.79. The van der Waals surface area contributed by atoms with E-state index in [-0.39, 0.29) is 11.7 Å². The molecule has 7 heteroatoms. The van der Waals surface area contributed by atoms with E-state index >= 15 is 0 Å². The van der Waals surface area contributed by atoms with Gasteiger partial charge < -0.3 is 10.2 Å². The Morgan fingerprint density at radius 1 is 1.18 bits per heavy atom. The molecule has 2 N–H and O–H groups in total. The van der Waals surface area contributed by atoms with Crippen molar-refractivity contribution in [2.45, 2.75) is 32.6 Å². The number of nitrogens with zero attached hydrogens (tertiary/aromatic N) is 3. The number of hydrogen-bond acceptors (Lipinski definition) is 5. The van der Waals surface area contributed by atoms with Crippen LogP contribution in [0, 0.1) is 24.3 Å². The molecule has 1 amide bonds. The molecular formula is C27H30ClN5O. The highest BCUT2D eigenvalue weighted by Gasteiger charge is 2.13. The molecule has 1 fully saturated rings. The van der Waals surface area contributed by atoms with Gasteiger partial charge in [0.15, 0.2) is 5.82 Å². The number of likely N-dealkylation sites (tertiary alicyclic amines) is 1. The Morgan fingerprint density at radius 2 is 1.94 bits per heavy atom. The molecular weight excluding hydrogens is 446 g/mol. The highest BCUT2D eigenvalue weighted by Crippen LogP contribution is 2.26. The van der Waals surface area contributed by atoms with Gasteiger partial charge in [0, 0.05) is 17.1 Å². The fourth-order valence-corrected chi connectivity index (χ4v) is 4.15. The lowest BCUT2D eigenvalue weighted by atomic mass is 9.99. The monoisotopic (exact) mass is 475 g/mol. The number of piperidine rings is 1. The number of allylic oxidation sites excluding steroid dienone is 1. The Labute approximate surface area is 206 Å². The van der Waals surface area contributed by atoms with Crippen molar-refractivity contribution >= 4 is 29.8 Å². The molecule has 0 radical (unpaired) electrons. The molecule has 0 atom stereocenters. The van der Waals surface area contributed by atoms with Crippen molar-refractivity contribution in [3.8, 4) is 11.8 Å². The highest BCUT2D eigenvalue weighted by molar-refractivity contribution is 6.30. The van der Waals surface area contributed by atoms with Gasteiger partial charge in [-0.3, -0.25) is 4.79 Å². The number of rotatable bonds is 8. The summed E-state index contributed by atoms with van der Waals surface area (Å²) in [4.78, 5) is 19.2. The Kier molecular flexibility index (Phi) is 9.57. The number of aliphatic imine (C=N–C) groups is 1. The van der Waals surface area contributed by atoms with Crippen LogP contribution in [0.5, 0.6) is 0 Å². The topological polar surface area (TPSA) is 80.9 Å². The van der Waals surface area contributed by atoms with Crippen molar-refractivity contribution in [2.24, 2.45) is 10.1 Å². The maximum atomic E-state index is 12.9. The number of nitrogens with one attached hydrogen (secondary N) is 2. The molecule has 0 unspecified atom stereocenters. The first kappa shape index (κ1) is 25.4. The summed E-state index contributed by atoms with van der Waals surface area (Å²) in [7, 11) is 0. The fourth-order valence-electron chi connectivity index (χ4n) is 3.98. The third-order valence-electron chi connectivity index (χ3n) is 5.83. The molecule has 34 heavy (non-hydrogen) atoms. The summed E-state index contributed by atoms with van der Waals surface area (Å²) in [5, 5.41) is 7.04. The Morgan fingerprint density at radius 3 is 2.68 bits per heavy atom. The fraction of sp³-hybridized carbons (Fsp3) is 0.333. The molecule has 2 aromatic rings. The van der Waals surface area contributed by atoms with E-state index in [4.69, 9.17) is 17.1 Å². The minimum absolute atomic E-state index is 0.0949. The van der Waals surface area contributed by atoms with E-state index < -0.39 is 0 Å². The van der Waals surface area contributed by atoms with Gasteiger partial charge in [0.25, 0.3) is 5.91 Å². The van der Waals surface area contributed by atoms with Crippen LogP contribution in [0.3, 0.4) is 0 Å². The number of carbonyl (C=O) groups is 1. The second kappa shape index (κ2) is 12.8. The van der Waals surface area contributed by atoms with Crippen LogP contribution in [0.1, 0.15) is 52.7 Å². The molecule has 0 aliphatic carbocycles. The van der Waals surface area contributed by atoms with Gasteiger partial charge in [-0.25, -0.2) is 10.5 Å². The third-order valence-corrected chi connectivity index (χ3v) is 6.06. The zero-order valence-electron chi connectivity index (χ0n) is 19.5. The quantitative estimate of drug-likeness (QED) is 0.222. The van der Waals surface area contributed by atoms with Crippen LogP contribution in [0.4, 0.5) is 0 Å². The molecule has 3 rings (SSSR count). The van der Waals surface area contributed by atoms with Gasteiger partial charge in [0.05, 0.1) is 11.1 Å². The number of benzene rings is 2. The first-order valence-electron chi connectivity index (χ1n) is 11.5. The summed E-state index contributed by atoms with van der Waals surface area (Å²) < 4.78 is 0. The number of hydrogen-bond donors (Lipinski definition) is 2. The third kappa shape index (κ3) is 6.86. The molecule has 0 aromatic heterocycles. The average Bonchev–Trinajstić information content (AvgIpc) is 2.86. The van der Waals surface area contributed by atoms with Crippen LogP contribution in [0.2, 0.25) is 5.02 Å². The van der Waals surface area contributed by atoms with E-state index in [1.807, 2.05) is 25.1 Å². The SMILES string of the molecule is C=N/C(N=N)=C(/C#Cc1ccccc1C(=O)NCCCN1CCCCC1)c1cc(Cl)ccc1C. The average molecular weight is 476 g/mol. The lowest BCUT2D eigenvalue weighted by Crippen LogP contribution is -2.33. The summed E-state index contributed by atoms with van der Waals surface area (Å²) in [6.07, 6.45) is 4.76. The summed E-state index contributed by atoms with van der Waals surface area (Å²) in [5.41, 5.74) is 10.6. The van der Waals surface area contributed by atoms with Gasteiger partial charge in [-0.1, -0.05) is 48.1 Å². The minimum atomic E-state index is -0.153. The standard InChI is InChI=1S/C27H30ClN5O/c1-20-11-13-22(28)19-25(20)24(26(30-2)32-29)14-12-21-9-4-5-10-23(21)27(34)31-15-8-18-33-16-6-3-7-17-33/h4-5,9-11,13,19,29H,2-3,6-8,15-18H2,1H3,(H,31,34)/b26-24+,32-29?. The van der Waals surface area contributed by atoms with Crippen LogP contribution >= 0.6 is 11.6 Å². The highest BCUT2D eigenvalue weighted by atomic mass is 35.5. The molecule has 176 valence electrons. The van der Waals surface area contributed by atoms with Gasteiger partial charge in [-0.15, -0.1) is 5.11 Å². The zero-order valence-corrected chi connectivity index (χ0v) is 20.3. The van der Waals surface area contributed by atoms with Gasteiger partial charge in [-0.05, 0) is 87.9 Å². The lowest BCUT2D eigenvalue weighted by Gasteiger charge is -2.26. The maximum Gasteiger partial charge on any atom is 0.252 e. The molecule has 6 nitrogen and oxygen atoms in total. The first-order chi connectivity index (χ1) is 16.5. The van der Waals surface area contributed by atoms with Crippen LogP contribution in [-0.4, -0.2) is 43.7 Å². The molecule has 0 bridgehead atoms. The van der Waals surface area contributed by atoms with Crippen molar-refractivity contribution in [1.29, 1.82) is 5.53 Å². The zero-order chi connectivity index (χ0) is 24.3. The summed E-state index contributed by atoms with van der Waals surface area (Å²) in [6.45, 7) is 9.36. The van der Waals surface area contributed by atoms with Crippen molar-refractivity contribution in [1.82, 2.24) is 10.2 Å². The second-order valence-electron chi connectivity index (χ2n) is 8.24. The van der Waals surface area contributed by atoms with Crippen molar-refractivity contribution in [2.75, 3.05) is 26.2 Å². The van der Waals surface area contributed by atoms with Crippen LogP contribution in [0.15, 0.2) is 58.4 Å². The van der Waals surface area contributed by atoms with E-state index in [9.17, 15) is 4.79 Å². The largest absolute Gasteiger partial charge is 0.352 e. The van der Waals surface area contributed by atoms with E-state index in [0.29, 0.717) is 28.3 Å². The Hall–Kier alpha value is -3.27. The van der Waals surface area contributed by atoms with E-state index in [1.165, 1.54) is 19.3 Å². The number of aryl methyl sites for hydroxylation is 1. The molecule has 1 aliphatic rings. The predicted octanol–water partition coefficient (Wildman–Crippen LogP) is 5.71. The van der Waals surface area contributed by atoms with Gasteiger partial charge in [-0.2, -0.15) is 0 Å². The van der Waals surface area contributed by atoms with Gasteiger partial charge in [0.2, 0.25) is 0 Å². The molecule has 2 aromatic carbocycles. The minimum Gasteiger partial charge on any atom is -0.352 e. The van der Waals surface area contributed by atoms with Crippen LogP contribution in [0.25, 0.3) is 5.57 Å². The predicted molar refractivity (Wildman–Crippen MR) is 138 cm³/mol. The molecule has 1 aliphatic heterocycles.